The van der Waals surface area contributed by atoms with Gasteiger partial charge in [-0.3, -0.25) is 9.39 Å². The number of nitrogens with one attached hydrogen (secondary N) is 2. The zero-order valence-electron chi connectivity index (χ0n) is 13.9. The lowest BCUT2D eigenvalue weighted by Gasteiger charge is -2.15. The van der Waals surface area contributed by atoms with Gasteiger partial charge in [0.05, 0.1) is 6.54 Å². The molecular weight excluding hydrogens is 320 g/mol. The van der Waals surface area contributed by atoms with Crippen LogP contribution in [0.15, 0.2) is 46.9 Å². The highest BCUT2D eigenvalue weighted by Gasteiger charge is 2.08. The lowest BCUT2D eigenvalue weighted by molar-refractivity contribution is 0.561. The third kappa shape index (κ3) is 4.11. The maximum absolute atomic E-state index is 4.28. The average molecular weight is 342 g/mol. The van der Waals surface area contributed by atoms with Crippen LogP contribution in [0, 0.1) is 5.92 Å². The number of pyridine rings is 1. The van der Waals surface area contributed by atoms with Crippen LogP contribution in [0.3, 0.4) is 0 Å². The van der Waals surface area contributed by atoms with Gasteiger partial charge in [-0.15, -0.1) is 21.5 Å². The predicted octanol–water partition coefficient (Wildman–Crippen LogP) is 2.33. The molecule has 3 rings (SSSR count). The topological polar surface area (TPSA) is 66.6 Å². The summed E-state index contributed by atoms with van der Waals surface area (Å²) in [6.07, 6.45) is 3.04. The van der Waals surface area contributed by atoms with Crippen molar-refractivity contribution in [3.63, 3.8) is 0 Å². The number of aliphatic imine (C=N–C) groups is 1. The van der Waals surface area contributed by atoms with Crippen molar-refractivity contribution in [1.29, 1.82) is 0 Å². The maximum atomic E-state index is 4.28. The van der Waals surface area contributed by atoms with Crippen LogP contribution in [0.1, 0.15) is 17.6 Å². The Balaban J connectivity index is 1.50. The predicted molar refractivity (Wildman–Crippen MR) is 98.4 cm³/mol. The van der Waals surface area contributed by atoms with E-state index in [-0.39, 0.29) is 0 Å². The molecule has 0 amide bonds. The maximum Gasteiger partial charge on any atom is 0.191 e. The Morgan fingerprint density at radius 1 is 1.25 bits per heavy atom. The van der Waals surface area contributed by atoms with Gasteiger partial charge < -0.3 is 10.6 Å². The molecule has 7 heteroatoms. The molecule has 126 valence electrons. The SMILES string of the molecule is CN=C(NCc1nnc2ccccn12)NCC(C)Cc1cccs1. The normalized spacial score (nSPS) is 13.2. The molecule has 0 spiro atoms. The molecule has 1 unspecified atom stereocenters. The van der Waals surface area contributed by atoms with Gasteiger partial charge in [0.1, 0.15) is 0 Å². The molecule has 0 fully saturated rings. The van der Waals surface area contributed by atoms with E-state index >= 15 is 0 Å². The second-order valence-electron chi connectivity index (χ2n) is 5.74. The van der Waals surface area contributed by atoms with Crippen LogP contribution in [0.5, 0.6) is 0 Å². The summed E-state index contributed by atoms with van der Waals surface area (Å²) >= 11 is 1.81. The zero-order chi connectivity index (χ0) is 16.8. The number of hydrogen-bond donors (Lipinski definition) is 2. The van der Waals surface area contributed by atoms with Crippen molar-refractivity contribution in [2.75, 3.05) is 13.6 Å². The van der Waals surface area contributed by atoms with Crippen molar-refractivity contribution in [1.82, 2.24) is 25.2 Å². The molecular formula is C17H22N6S. The Morgan fingerprint density at radius 3 is 2.96 bits per heavy atom. The summed E-state index contributed by atoms with van der Waals surface area (Å²) in [5.74, 6) is 2.18. The fraction of sp³-hybridized carbons (Fsp3) is 0.353. The largest absolute Gasteiger partial charge is 0.356 e. The number of guanidine groups is 1. The molecule has 0 saturated carbocycles. The molecule has 1 atom stereocenters. The average Bonchev–Trinajstić information content (AvgIpc) is 3.25. The van der Waals surface area contributed by atoms with E-state index in [4.69, 9.17) is 0 Å². The highest BCUT2D eigenvalue weighted by atomic mass is 32.1. The number of nitrogens with zero attached hydrogens (tertiary/aromatic N) is 4. The Morgan fingerprint density at radius 2 is 2.17 bits per heavy atom. The molecule has 0 aromatic carbocycles. The van der Waals surface area contributed by atoms with Gasteiger partial charge in [0.15, 0.2) is 17.4 Å². The minimum Gasteiger partial charge on any atom is -0.356 e. The van der Waals surface area contributed by atoms with Crippen molar-refractivity contribution >= 4 is 22.9 Å². The number of hydrogen-bond acceptors (Lipinski definition) is 4. The summed E-state index contributed by atoms with van der Waals surface area (Å²) in [4.78, 5) is 5.69. The molecule has 0 saturated heterocycles. The van der Waals surface area contributed by atoms with Crippen LogP contribution in [0.4, 0.5) is 0 Å². The van der Waals surface area contributed by atoms with Gasteiger partial charge in [-0.2, -0.15) is 0 Å². The summed E-state index contributed by atoms with van der Waals surface area (Å²) < 4.78 is 1.97. The minimum absolute atomic E-state index is 0.538. The van der Waals surface area contributed by atoms with Crippen molar-refractivity contribution in [3.8, 4) is 0 Å². The van der Waals surface area contributed by atoms with Crippen molar-refractivity contribution in [2.24, 2.45) is 10.9 Å². The molecule has 3 aromatic heterocycles. The Labute approximate surface area is 145 Å². The smallest absolute Gasteiger partial charge is 0.191 e. The summed E-state index contributed by atoms with van der Waals surface area (Å²) in [6.45, 7) is 3.69. The van der Waals surface area contributed by atoms with E-state index in [9.17, 15) is 0 Å². The summed E-state index contributed by atoms with van der Waals surface area (Å²) in [5.41, 5.74) is 0.849. The van der Waals surface area contributed by atoms with Gasteiger partial charge in [-0.25, -0.2) is 0 Å². The van der Waals surface area contributed by atoms with Crippen molar-refractivity contribution in [3.05, 3.63) is 52.6 Å². The third-order valence-corrected chi connectivity index (χ3v) is 4.67. The first-order valence-electron chi connectivity index (χ1n) is 8.02. The molecule has 3 aromatic rings. The van der Waals surface area contributed by atoms with E-state index in [1.54, 1.807) is 7.05 Å². The first-order valence-corrected chi connectivity index (χ1v) is 8.90. The van der Waals surface area contributed by atoms with E-state index in [2.05, 4.69) is 50.3 Å². The molecule has 24 heavy (non-hydrogen) atoms. The van der Waals surface area contributed by atoms with Gasteiger partial charge >= 0.3 is 0 Å². The van der Waals surface area contributed by atoms with E-state index in [1.807, 2.05) is 40.1 Å². The number of aromatic nitrogens is 3. The highest BCUT2D eigenvalue weighted by Crippen LogP contribution is 2.13. The second kappa shape index (κ2) is 7.92. The number of rotatable bonds is 6. The quantitative estimate of drug-likeness (QED) is 0.533. The van der Waals surface area contributed by atoms with Gasteiger partial charge in [0.2, 0.25) is 0 Å². The molecule has 0 bridgehead atoms. The van der Waals surface area contributed by atoms with Crippen LogP contribution < -0.4 is 10.6 Å². The summed E-state index contributed by atoms with van der Waals surface area (Å²) in [7, 11) is 1.78. The van der Waals surface area contributed by atoms with Crippen molar-refractivity contribution < 1.29 is 0 Å². The second-order valence-corrected chi connectivity index (χ2v) is 6.77. The Bertz CT molecular complexity index is 792. The lowest BCUT2D eigenvalue weighted by atomic mass is 10.1. The minimum atomic E-state index is 0.538. The van der Waals surface area contributed by atoms with E-state index in [1.165, 1.54) is 4.88 Å². The van der Waals surface area contributed by atoms with Crippen LogP contribution in [-0.2, 0) is 13.0 Å². The van der Waals surface area contributed by atoms with Crippen LogP contribution in [0.2, 0.25) is 0 Å². The van der Waals surface area contributed by atoms with Gasteiger partial charge in [0.25, 0.3) is 0 Å². The fourth-order valence-corrected chi connectivity index (χ4v) is 3.38. The third-order valence-electron chi connectivity index (χ3n) is 3.77. The highest BCUT2D eigenvalue weighted by molar-refractivity contribution is 7.09. The van der Waals surface area contributed by atoms with Gasteiger partial charge in [0, 0.05) is 24.7 Å². The molecule has 0 aliphatic carbocycles. The first kappa shape index (κ1) is 16.4. The lowest BCUT2D eigenvalue weighted by Crippen LogP contribution is -2.39. The number of thiophene rings is 1. The Kier molecular flexibility index (Phi) is 5.43. The summed E-state index contributed by atoms with van der Waals surface area (Å²) in [6, 6.07) is 10.2. The standard InChI is InChI=1S/C17H22N6S/c1-13(10-14-6-5-9-24-14)11-19-17(18-2)20-12-16-22-21-15-7-3-4-8-23(15)16/h3-9,13H,10-12H2,1-2H3,(H2,18,19,20). The fourth-order valence-electron chi connectivity index (χ4n) is 2.51. The molecule has 6 nitrogen and oxygen atoms in total. The van der Waals surface area contributed by atoms with E-state index in [0.717, 1.165) is 30.4 Å². The van der Waals surface area contributed by atoms with Crippen LogP contribution >= 0.6 is 11.3 Å². The molecule has 0 radical (unpaired) electrons. The van der Waals surface area contributed by atoms with E-state index < -0.39 is 0 Å². The zero-order valence-corrected chi connectivity index (χ0v) is 14.8. The van der Waals surface area contributed by atoms with Crippen molar-refractivity contribution in [2.45, 2.75) is 19.9 Å². The number of fused-ring (bicyclic) bond motifs is 1. The van der Waals surface area contributed by atoms with Crippen LogP contribution in [-0.4, -0.2) is 34.2 Å². The molecule has 0 aliphatic heterocycles. The van der Waals surface area contributed by atoms with Crippen LogP contribution in [0.25, 0.3) is 5.65 Å². The molecule has 2 N–H and O–H groups in total. The van der Waals surface area contributed by atoms with Gasteiger partial charge in [-0.1, -0.05) is 19.1 Å². The molecule has 0 aliphatic rings. The van der Waals surface area contributed by atoms with E-state index in [0.29, 0.717) is 12.5 Å². The first-order chi connectivity index (χ1) is 11.8. The van der Waals surface area contributed by atoms with Gasteiger partial charge in [-0.05, 0) is 35.9 Å². The molecule has 3 heterocycles. The summed E-state index contributed by atoms with van der Waals surface area (Å²) in [5, 5.41) is 17.2. The monoisotopic (exact) mass is 342 g/mol. The Hall–Kier alpha value is -2.41.